The van der Waals surface area contributed by atoms with Crippen LogP contribution in [0.1, 0.15) is 5.56 Å². The summed E-state index contributed by atoms with van der Waals surface area (Å²) < 4.78 is 5.15. The van der Waals surface area contributed by atoms with Crippen LogP contribution >= 0.6 is 11.8 Å². The van der Waals surface area contributed by atoms with Gasteiger partial charge in [-0.25, -0.2) is 0 Å². The standard InChI is InChI=1S/C14H12N2O3S/c1-19-10-3-2-9-4-8(7-15-11(9)6-10)5-12-13(17)16-14(18)20-12/h2-4,6-7,12H,5H2,1H3,(H,16,17,18). The van der Waals surface area contributed by atoms with Gasteiger partial charge in [-0.3, -0.25) is 19.9 Å². The number of rotatable bonds is 3. The molecule has 6 heteroatoms. The highest BCUT2D eigenvalue weighted by molar-refractivity contribution is 8.15. The molecule has 0 spiro atoms. The zero-order valence-corrected chi connectivity index (χ0v) is 11.6. The molecule has 20 heavy (non-hydrogen) atoms. The first-order valence-corrected chi connectivity index (χ1v) is 6.98. The molecular formula is C14H12N2O3S. The summed E-state index contributed by atoms with van der Waals surface area (Å²) in [7, 11) is 1.61. The van der Waals surface area contributed by atoms with Crippen molar-refractivity contribution in [3.05, 3.63) is 36.0 Å². The van der Waals surface area contributed by atoms with Crippen molar-refractivity contribution < 1.29 is 14.3 Å². The number of nitrogens with one attached hydrogen (secondary N) is 1. The number of hydrogen-bond acceptors (Lipinski definition) is 5. The maximum Gasteiger partial charge on any atom is 0.286 e. The first kappa shape index (κ1) is 12.9. The van der Waals surface area contributed by atoms with Crippen LogP contribution < -0.4 is 10.1 Å². The number of benzene rings is 1. The minimum atomic E-state index is -0.361. The second kappa shape index (κ2) is 5.13. The van der Waals surface area contributed by atoms with Gasteiger partial charge in [0.05, 0.1) is 17.9 Å². The van der Waals surface area contributed by atoms with Crippen molar-refractivity contribution in [3.63, 3.8) is 0 Å². The predicted molar refractivity (Wildman–Crippen MR) is 76.9 cm³/mol. The molecule has 3 rings (SSSR count). The molecule has 1 N–H and O–H groups in total. The molecule has 2 aromatic rings. The normalized spacial score (nSPS) is 18.4. The lowest BCUT2D eigenvalue weighted by Gasteiger charge is -2.07. The van der Waals surface area contributed by atoms with Gasteiger partial charge in [-0.05, 0) is 30.2 Å². The average molecular weight is 288 g/mol. The monoisotopic (exact) mass is 288 g/mol. The third kappa shape index (κ3) is 2.46. The van der Waals surface area contributed by atoms with Gasteiger partial charge in [0.1, 0.15) is 5.75 Å². The smallest absolute Gasteiger partial charge is 0.286 e. The van der Waals surface area contributed by atoms with E-state index in [4.69, 9.17) is 4.74 Å². The summed E-state index contributed by atoms with van der Waals surface area (Å²) in [5, 5.41) is 2.63. The van der Waals surface area contributed by atoms with Crippen molar-refractivity contribution in [3.8, 4) is 5.75 Å². The molecule has 1 aliphatic heterocycles. The molecule has 2 amide bonds. The van der Waals surface area contributed by atoms with E-state index in [2.05, 4.69) is 10.3 Å². The number of thioether (sulfide) groups is 1. The Kier molecular flexibility index (Phi) is 3.31. The van der Waals surface area contributed by atoms with E-state index in [1.54, 1.807) is 13.3 Å². The van der Waals surface area contributed by atoms with E-state index in [1.165, 1.54) is 0 Å². The summed E-state index contributed by atoms with van der Waals surface area (Å²) in [4.78, 5) is 27.1. The highest BCUT2D eigenvalue weighted by atomic mass is 32.2. The van der Waals surface area contributed by atoms with Gasteiger partial charge in [0.25, 0.3) is 5.24 Å². The van der Waals surface area contributed by atoms with E-state index in [0.29, 0.717) is 6.42 Å². The van der Waals surface area contributed by atoms with E-state index >= 15 is 0 Å². The van der Waals surface area contributed by atoms with Gasteiger partial charge >= 0.3 is 0 Å². The van der Waals surface area contributed by atoms with Crippen LogP contribution in [-0.2, 0) is 11.2 Å². The van der Waals surface area contributed by atoms with Crippen LogP contribution in [0.15, 0.2) is 30.5 Å². The van der Waals surface area contributed by atoms with E-state index in [0.717, 1.165) is 34.0 Å². The Labute approximate surface area is 119 Å². The summed E-state index contributed by atoms with van der Waals surface area (Å²) in [5.41, 5.74) is 1.78. The summed E-state index contributed by atoms with van der Waals surface area (Å²) >= 11 is 1.03. The minimum Gasteiger partial charge on any atom is -0.497 e. The van der Waals surface area contributed by atoms with Crippen LogP contribution in [0, 0.1) is 0 Å². The molecule has 0 aliphatic carbocycles. The van der Waals surface area contributed by atoms with Gasteiger partial charge in [0, 0.05) is 17.6 Å². The summed E-state index contributed by atoms with van der Waals surface area (Å²) in [6.07, 6.45) is 2.23. The van der Waals surface area contributed by atoms with Crippen LogP contribution in [-0.4, -0.2) is 28.5 Å². The highest BCUT2D eigenvalue weighted by Crippen LogP contribution is 2.25. The topological polar surface area (TPSA) is 68.3 Å². The first-order valence-electron chi connectivity index (χ1n) is 6.10. The lowest BCUT2D eigenvalue weighted by Crippen LogP contribution is -2.25. The fraction of sp³-hybridized carbons (Fsp3) is 0.214. The fourth-order valence-corrected chi connectivity index (χ4v) is 2.99. The lowest BCUT2D eigenvalue weighted by molar-refractivity contribution is -0.118. The maximum absolute atomic E-state index is 11.5. The average Bonchev–Trinajstić information content (AvgIpc) is 2.76. The highest BCUT2D eigenvalue weighted by Gasteiger charge is 2.31. The Morgan fingerprint density at radius 1 is 1.35 bits per heavy atom. The zero-order valence-electron chi connectivity index (χ0n) is 10.8. The SMILES string of the molecule is COc1ccc2cc(CC3SC(=O)NC3=O)cnc2c1. The number of hydrogen-bond donors (Lipinski definition) is 1. The molecule has 1 aromatic carbocycles. The van der Waals surface area contributed by atoms with Crippen LogP contribution in [0.3, 0.4) is 0 Å². The van der Waals surface area contributed by atoms with Gasteiger partial charge in [-0.2, -0.15) is 0 Å². The molecule has 1 saturated heterocycles. The Bertz CT molecular complexity index is 702. The second-order valence-electron chi connectivity index (χ2n) is 4.49. The quantitative estimate of drug-likeness (QED) is 0.937. The van der Waals surface area contributed by atoms with Crippen molar-refractivity contribution in [2.75, 3.05) is 7.11 Å². The van der Waals surface area contributed by atoms with Crippen LogP contribution in [0.4, 0.5) is 4.79 Å². The van der Waals surface area contributed by atoms with Crippen molar-refractivity contribution in [1.29, 1.82) is 0 Å². The van der Waals surface area contributed by atoms with Crippen molar-refractivity contribution in [2.24, 2.45) is 0 Å². The summed E-state index contributed by atoms with van der Waals surface area (Å²) in [6, 6.07) is 7.64. The molecule has 0 radical (unpaired) electrons. The molecule has 1 unspecified atom stereocenters. The number of carbonyl (C=O) groups excluding carboxylic acids is 2. The Morgan fingerprint density at radius 2 is 2.20 bits per heavy atom. The molecule has 5 nitrogen and oxygen atoms in total. The number of ether oxygens (including phenoxy) is 1. The number of fused-ring (bicyclic) bond motifs is 1. The van der Waals surface area contributed by atoms with Gasteiger partial charge in [0.15, 0.2) is 0 Å². The lowest BCUT2D eigenvalue weighted by atomic mass is 10.1. The van der Waals surface area contributed by atoms with Crippen molar-refractivity contribution in [2.45, 2.75) is 11.7 Å². The molecule has 2 heterocycles. The van der Waals surface area contributed by atoms with Crippen molar-refractivity contribution in [1.82, 2.24) is 10.3 Å². The number of amides is 2. The number of aromatic nitrogens is 1. The van der Waals surface area contributed by atoms with Gasteiger partial charge < -0.3 is 4.74 Å². The van der Waals surface area contributed by atoms with E-state index < -0.39 is 0 Å². The van der Waals surface area contributed by atoms with E-state index in [9.17, 15) is 9.59 Å². The zero-order chi connectivity index (χ0) is 14.1. The van der Waals surface area contributed by atoms with Crippen molar-refractivity contribution >= 4 is 33.8 Å². The Hall–Kier alpha value is -2.08. The number of nitrogens with zero attached hydrogens (tertiary/aromatic N) is 1. The molecule has 102 valence electrons. The van der Waals surface area contributed by atoms with E-state index in [1.807, 2.05) is 24.3 Å². The fourth-order valence-electron chi connectivity index (χ4n) is 2.13. The third-order valence-corrected chi connectivity index (χ3v) is 4.12. The number of carbonyl (C=O) groups is 2. The largest absolute Gasteiger partial charge is 0.497 e. The first-order chi connectivity index (χ1) is 9.65. The van der Waals surface area contributed by atoms with Crippen LogP contribution in [0.25, 0.3) is 10.9 Å². The number of pyridine rings is 1. The third-order valence-electron chi connectivity index (χ3n) is 3.14. The van der Waals surface area contributed by atoms with E-state index in [-0.39, 0.29) is 16.4 Å². The van der Waals surface area contributed by atoms with Crippen LogP contribution in [0.5, 0.6) is 5.75 Å². The summed E-state index contributed by atoms with van der Waals surface area (Å²) in [5.74, 6) is 0.531. The molecule has 1 aliphatic rings. The molecule has 1 fully saturated rings. The number of imide groups is 1. The Morgan fingerprint density at radius 3 is 2.90 bits per heavy atom. The molecular weight excluding hydrogens is 276 g/mol. The molecule has 0 bridgehead atoms. The summed E-state index contributed by atoms with van der Waals surface area (Å²) in [6.45, 7) is 0. The maximum atomic E-state index is 11.5. The van der Waals surface area contributed by atoms with Gasteiger partial charge in [-0.1, -0.05) is 11.8 Å². The molecule has 0 saturated carbocycles. The minimum absolute atomic E-state index is 0.227. The Balaban J connectivity index is 1.86. The predicted octanol–water partition coefficient (Wildman–Crippen LogP) is 2.14. The molecule has 1 atom stereocenters. The second-order valence-corrected chi connectivity index (χ2v) is 5.67. The molecule has 1 aromatic heterocycles. The van der Waals surface area contributed by atoms with Gasteiger partial charge in [-0.15, -0.1) is 0 Å². The van der Waals surface area contributed by atoms with Crippen LogP contribution in [0.2, 0.25) is 0 Å². The number of methoxy groups -OCH3 is 1. The van der Waals surface area contributed by atoms with Gasteiger partial charge in [0.2, 0.25) is 5.91 Å².